The number of aromatic nitrogens is 2. The van der Waals surface area contributed by atoms with E-state index in [0.29, 0.717) is 25.2 Å². The molecule has 2 heterocycles. The monoisotopic (exact) mass is 424 g/mol. The molecule has 0 unspecified atom stereocenters. The summed E-state index contributed by atoms with van der Waals surface area (Å²) in [6.45, 7) is 3.42. The van der Waals surface area contributed by atoms with E-state index in [1.165, 1.54) is 16.4 Å². The highest BCUT2D eigenvalue weighted by atomic mass is 35.5. The van der Waals surface area contributed by atoms with Crippen LogP contribution < -0.4 is 5.32 Å². The van der Waals surface area contributed by atoms with Gasteiger partial charge in [0, 0.05) is 30.9 Å². The van der Waals surface area contributed by atoms with Crippen LogP contribution in [0.25, 0.3) is 0 Å². The number of sulfonamides is 1. The Kier molecular flexibility index (Phi) is 6.74. The number of carbonyl (C=O) groups excluding carboxylic acids is 1. The lowest BCUT2D eigenvalue weighted by Gasteiger charge is -2.26. The minimum atomic E-state index is -3.70. The number of H-pyrrole nitrogens is 1. The Morgan fingerprint density at radius 1 is 1.29 bits per heavy atom. The molecule has 0 spiro atoms. The van der Waals surface area contributed by atoms with Gasteiger partial charge in [0.05, 0.1) is 11.2 Å². The molecule has 2 N–H and O–H groups in total. The summed E-state index contributed by atoms with van der Waals surface area (Å²) in [6, 6.07) is 4.40. The van der Waals surface area contributed by atoms with Crippen LogP contribution in [0.4, 0.5) is 0 Å². The van der Waals surface area contributed by atoms with Crippen molar-refractivity contribution in [2.45, 2.75) is 43.9 Å². The Morgan fingerprint density at radius 3 is 2.71 bits per heavy atom. The van der Waals surface area contributed by atoms with Gasteiger partial charge in [-0.15, -0.1) is 0 Å². The maximum Gasteiger partial charge on any atom is 0.251 e. The Morgan fingerprint density at radius 2 is 2.04 bits per heavy atom. The summed E-state index contributed by atoms with van der Waals surface area (Å²) in [5, 5.41) is 9.84. The van der Waals surface area contributed by atoms with Crippen LogP contribution in [0.5, 0.6) is 0 Å². The van der Waals surface area contributed by atoms with Gasteiger partial charge in [0.1, 0.15) is 4.90 Å². The molecule has 1 aromatic carbocycles. The maximum absolute atomic E-state index is 12.9. The number of nitrogens with zero attached hydrogens (tertiary/aromatic N) is 2. The number of aromatic amines is 1. The van der Waals surface area contributed by atoms with Crippen LogP contribution in [-0.2, 0) is 16.4 Å². The molecule has 7 nitrogen and oxygen atoms in total. The number of benzene rings is 1. The van der Waals surface area contributed by atoms with Gasteiger partial charge in [-0.25, -0.2) is 8.42 Å². The fourth-order valence-electron chi connectivity index (χ4n) is 3.30. The summed E-state index contributed by atoms with van der Waals surface area (Å²) in [5.74, 6) is -0.310. The fourth-order valence-corrected chi connectivity index (χ4v) is 5.31. The highest BCUT2D eigenvalue weighted by Gasteiger charge is 2.28. The lowest BCUT2D eigenvalue weighted by molar-refractivity contribution is 0.0953. The Hall–Kier alpha value is -1.90. The van der Waals surface area contributed by atoms with E-state index in [2.05, 4.69) is 15.5 Å². The summed E-state index contributed by atoms with van der Waals surface area (Å²) >= 11 is 6.16. The number of hydrogen-bond donors (Lipinski definition) is 2. The van der Waals surface area contributed by atoms with Gasteiger partial charge in [-0.05, 0) is 56.4 Å². The first kappa shape index (κ1) is 20.8. The molecule has 1 aliphatic heterocycles. The Bertz CT molecular complexity index is 936. The van der Waals surface area contributed by atoms with Gasteiger partial charge >= 0.3 is 0 Å². The summed E-state index contributed by atoms with van der Waals surface area (Å²) in [5.41, 5.74) is 2.44. The quantitative estimate of drug-likeness (QED) is 0.668. The first-order valence-electron chi connectivity index (χ1n) is 9.46. The van der Waals surface area contributed by atoms with E-state index in [9.17, 15) is 13.2 Å². The molecule has 0 aliphatic carbocycles. The summed E-state index contributed by atoms with van der Waals surface area (Å²) < 4.78 is 27.3. The molecular formula is C19H25ClN4O3S. The molecule has 28 heavy (non-hydrogen) atoms. The van der Waals surface area contributed by atoms with Crippen molar-refractivity contribution < 1.29 is 13.2 Å². The standard InChI is InChI=1S/C19H25ClN4O3S/c1-14-16(13-22-23-14)6-5-9-21-19(25)15-7-8-17(20)18(12-15)28(26,27)24-10-3-2-4-11-24/h7-8,12-13H,2-6,9-11H2,1H3,(H,21,25)(H,22,23). The van der Waals surface area contributed by atoms with Crippen molar-refractivity contribution in [1.82, 2.24) is 19.8 Å². The first-order valence-corrected chi connectivity index (χ1v) is 11.3. The molecule has 0 atom stereocenters. The van der Waals surface area contributed by atoms with Crippen molar-refractivity contribution in [3.63, 3.8) is 0 Å². The predicted molar refractivity (Wildman–Crippen MR) is 108 cm³/mol. The molecule has 1 amide bonds. The third-order valence-electron chi connectivity index (χ3n) is 4.97. The van der Waals surface area contributed by atoms with Gasteiger partial charge in [0.15, 0.2) is 0 Å². The topological polar surface area (TPSA) is 95.2 Å². The Balaban J connectivity index is 1.64. The molecule has 0 saturated carbocycles. The van der Waals surface area contributed by atoms with E-state index in [1.807, 2.05) is 6.92 Å². The molecule has 9 heteroatoms. The van der Waals surface area contributed by atoms with E-state index in [1.54, 1.807) is 12.3 Å². The van der Waals surface area contributed by atoms with Crippen LogP contribution in [0.1, 0.15) is 47.3 Å². The molecule has 1 aliphatic rings. The second-order valence-corrected chi connectivity index (χ2v) is 9.30. The maximum atomic E-state index is 12.9. The van der Waals surface area contributed by atoms with E-state index in [0.717, 1.165) is 43.4 Å². The number of carbonyl (C=O) groups is 1. The van der Waals surface area contributed by atoms with Crippen LogP contribution in [0.15, 0.2) is 29.3 Å². The largest absolute Gasteiger partial charge is 0.352 e. The molecule has 3 rings (SSSR count). The Labute approximate surface area is 170 Å². The zero-order valence-corrected chi connectivity index (χ0v) is 17.4. The normalized spacial score (nSPS) is 15.5. The second-order valence-electron chi connectivity index (χ2n) is 6.99. The van der Waals surface area contributed by atoms with E-state index < -0.39 is 10.0 Å². The van der Waals surface area contributed by atoms with Crippen LogP contribution in [0, 0.1) is 6.92 Å². The minimum absolute atomic E-state index is 0.00209. The highest BCUT2D eigenvalue weighted by Crippen LogP contribution is 2.27. The van der Waals surface area contributed by atoms with Gasteiger partial charge < -0.3 is 5.32 Å². The van der Waals surface area contributed by atoms with Crippen LogP contribution in [-0.4, -0.2) is 48.5 Å². The molecule has 2 aromatic rings. The van der Waals surface area contributed by atoms with Crippen molar-refractivity contribution >= 4 is 27.5 Å². The average molecular weight is 425 g/mol. The number of aryl methyl sites for hydroxylation is 2. The fraction of sp³-hybridized carbons (Fsp3) is 0.474. The lowest BCUT2D eigenvalue weighted by Crippen LogP contribution is -2.36. The highest BCUT2D eigenvalue weighted by molar-refractivity contribution is 7.89. The van der Waals surface area contributed by atoms with Crippen molar-refractivity contribution in [3.8, 4) is 0 Å². The van der Waals surface area contributed by atoms with Gasteiger partial charge in [-0.2, -0.15) is 9.40 Å². The number of rotatable bonds is 7. The molecular weight excluding hydrogens is 400 g/mol. The van der Waals surface area contributed by atoms with Gasteiger partial charge in [-0.1, -0.05) is 18.0 Å². The van der Waals surface area contributed by atoms with Crippen molar-refractivity contribution in [3.05, 3.63) is 46.2 Å². The third-order valence-corrected chi connectivity index (χ3v) is 7.35. The summed E-state index contributed by atoms with van der Waals surface area (Å²) in [7, 11) is -3.70. The van der Waals surface area contributed by atoms with Crippen molar-refractivity contribution in [1.29, 1.82) is 0 Å². The molecule has 0 radical (unpaired) electrons. The number of halogens is 1. The van der Waals surface area contributed by atoms with Crippen LogP contribution in [0.2, 0.25) is 5.02 Å². The zero-order valence-electron chi connectivity index (χ0n) is 15.9. The van der Waals surface area contributed by atoms with Gasteiger partial charge in [0.2, 0.25) is 10.0 Å². The molecule has 152 valence electrons. The summed E-state index contributed by atoms with van der Waals surface area (Å²) in [4.78, 5) is 12.5. The smallest absolute Gasteiger partial charge is 0.251 e. The van der Waals surface area contributed by atoms with Gasteiger partial charge in [0.25, 0.3) is 5.91 Å². The zero-order chi connectivity index (χ0) is 20.1. The molecule has 1 aromatic heterocycles. The number of hydrogen-bond acceptors (Lipinski definition) is 4. The van der Waals surface area contributed by atoms with Crippen molar-refractivity contribution in [2.75, 3.05) is 19.6 Å². The van der Waals surface area contributed by atoms with Crippen LogP contribution >= 0.6 is 11.6 Å². The van der Waals surface area contributed by atoms with E-state index in [4.69, 9.17) is 11.6 Å². The molecule has 1 saturated heterocycles. The number of piperidine rings is 1. The number of nitrogens with one attached hydrogen (secondary N) is 2. The average Bonchev–Trinajstić information content (AvgIpc) is 3.10. The summed E-state index contributed by atoms with van der Waals surface area (Å²) in [6.07, 6.45) is 6.06. The van der Waals surface area contributed by atoms with Crippen molar-refractivity contribution in [2.24, 2.45) is 0 Å². The predicted octanol–water partition coefficient (Wildman–Crippen LogP) is 2.91. The minimum Gasteiger partial charge on any atom is -0.352 e. The first-order chi connectivity index (χ1) is 13.4. The molecule has 1 fully saturated rings. The lowest BCUT2D eigenvalue weighted by atomic mass is 10.1. The van der Waals surface area contributed by atoms with E-state index >= 15 is 0 Å². The second kappa shape index (κ2) is 9.07. The number of amides is 1. The third kappa shape index (κ3) is 4.74. The molecule has 0 bridgehead atoms. The SMILES string of the molecule is Cc1[nH]ncc1CCCNC(=O)c1ccc(Cl)c(S(=O)(=O)N2CCCCC2)c1. The van der Waals surface area contributed by atoms with E-state index in [-0.39, 0.29) is 15.8 Å². The van der Waals surface area contributed by atoms with Crippen LogP contribution in [0.3, 0.4) is 0 Å². The van der Waals surface area contributed by atoms with Gasteiger partial charge in [-0.3, -0.25) is 9.89 Å².